The molecule has 13 heavy (non-hydrogen) atoms. The van der Waals surface area contributed by atoms with E-state index in [1.807, 2.05) is 6.07 Å². The van der Waals surface area contributed by atoms with Gasteiger partial charge in [0.25, 0.3) is 0 Å². The molecule has 0 radical (unpaired) electrons. The molecule has 0 amide bonds. The van der Waals surface area contributed by atoms with Crippen molar-refractivity contribution in [3.05, 3.63) is 27.3 Å². The van der Waals surface area contributed by atoms with Crippen LogP contribution in [-0.2, 0) is 6.42 Å². The van der Waals surface area contributed by atoms with E-state index in [1.165, 1.54) is 25.0 Å². The summed E-state index contributed by atoms with van der Waals surface area (Å²) in [4.78, 5) is 0. The van der Waals surface area contributed by atoms with Gasteiger partial charge in [-0.05, 0) is 35.1 Å². The number of benzene rings is 1. The molecule has 0 aliphatic rings. The van der Waals surface area contributed by atoms with Gasteiger partial charge in [0.1, 0.15) is 0 Å². The van der Waals surface area contributed by atoms with Gasteiger partial charge >= 0.3 is 0 Å². The van der Waals surface area contributed by atoms with Crippen molar-refractivity contribution in [1.82, 2.24) is 0 Å². The number of aryl methyl sites for hydroxylation is 1. The molecule has 2 rings (SSSR count). The minimum atomic E-state index is 0.474. The van der Waals surface area contributed by atoms with Crippen LogP contribution < -0.4 is 0 Å². The maximum Gasteiger partial charge on any atom is 0.175 e. The minimum Gasteiger partial charge on any atom is -0.499 e. The Morgan fingerprint density at radius 3 is 2.92 bits per heavy atom. The average Bonchev–Trinajstić information content (AvgIpc) is 2.43. The highest BCUT2D eigenvalue weighted by Crippen LogP contribution is 2.38. The van der Waals surface area contributed by atoms with Crippen molar-refractivity contribution in [2.75, 3.05) is 0 Å². The first-order chi connectivity index (χ1) is 6.24. The Hall–Kier alpha value is -0.290. The Labute approximate surface area is 94.5 Å². The van der Waals surface area contributed by atoms with Crippen molar-refractivity contribution in [3.8, 4) is 5.06 Å². The van der Waals surface area contributed by atoms with Gasteiger partial charge in [-0.25, -0.2) is 0 Å². The first-order valence-electron chi connectivity index (χ1n) is 4.13. The summed E-state index contributed by atoms with van der Waals surface area (Å²) >= 11 is 3.78. The predicted molar refractivity (Wildman–Crippen MR) is 65.6 cm³/mol. The molecule has 1 N–H and O–H groups in total. The molecule has 1 aromatic heterocycles. The van der Waals surface area contributed by atoms with Gasteiger partial charge in [0.05, 0.1) is 4.70 Å². The van der Waals surface area contributed by atoms with Crippen LogP contribution in [0, 0.1) is 3.57 Å². The lowest BCUT2D eigenvalue weighted by molar-refractivity contribution is 0.485. The lowest BCUT2D eigenvalue weighted by Gasteiger charge is -1.95. The predicted octanol–water partition coefficient (Wildman–Crippen LogP) is 3.77. The van der Waals surface area contributed by atoms with Crippen LogP contribution in [0.5, 0.6) is 5.06 Å². The molecule has 0 spiro atoms. The highest BCUT2D eigenvalue weighted by atomic mass is 127. The van der Waals surface area contributed by atoms with E-state index in [1.54, 1.807) is 0 Å². The van der Waals surface area contributed by atoms with Crippen LogP contribution in [0.4, 0.5) is 0 Å². The van der Waals surface area contributed by atoms with Crippen molar-refractivity contribution in [1.29, 1.82) is 0 Å². The Morgan fingerprint density at radius 1 is 1.46 bits per heavy atom. The highest BCUT2D eigenvalue weighted by Gasteiger charge is 2.10. The van der Waals surface area contributed by atoms with Gasteiger partial charge in [-0.3, -0.25) is 0 Å². The average molecular weight is 304 g/mol. The maximum atomic E-state index is 9.67. The SMILES string of the molecule is CCc1c(O)sc2c(I)cccc12. The number of fused-ring (bicyclic) bond motifs is 1. The van der Waals surface area contributed by atoms with Crippen LogP contribution in [0.2, 0.25) is 0 Å². The van der Waals surface area contributed by atoms with E-state index in [4.69, 9.17) is 0 Å². The number of rotatable bonds is 1. The number of aromatic hydroxyl groups is 1. The zero-order chi connectivity index (χ0) is 9.42. The molecule has 0 bridgehead atoms. The van der Waals surface area contributed by atoms with E-state index >= 15 is 0 Å². The van der Waals surface area contributed by atoms with Gasteiger partial charge in [0.15, 0.2) is 5.06 Å². The third-order valence-electron chi connectivity index (χ3n) is 2.10. The zero-order valence-corrected chi connectivity index (χ0v) is 10.1. The second kappa shape index (κ2) is 3.46. The summed E-state index contributed by atoms with van der Waals surface area (Å²) in [5.41, 5.74) is 1.08. The Balaban J connectivity index is 2.86. The molecule has 1 aromatic carbocycles. The monoisotopic (exact) mass is 304 g/mol. The van der Waals surface area contributed by atoms with E-state index in [9.17, 15) is 5.11 Å². The van der Waals surface area contributed by atoms with E-state index in [0.29, 0.717) is 5.06 Å². The Kier molecular flexibility index (Phi) is 2.47. The third-order valence-corrected chi connectivity index (χ3v) is 4.45. The van der Waals surface area contributed by atoms with Crippen LogP contribution in [0.15, 0.2) is 18.2 Å². The molecule has 0 unspecified atom stereocenters. The van der Waals surface area contributed by atoms with E-state index in [0.717, 1.165) is 12.0 Å². The number of hydrogen-bond donors (Lipinski definition) is 1. The number of thiophene rings is 1. The smallest absolute Gasteiger partial charge is 0.175 e. The van der Waals surface area contributed by atoms with E-state index < -0.39 is 0 Å². The van der Waals surface area contributed by atoms with Crippen LogP contribution in [0.25, 0.3) is 10.1 Å². The van der Waals surface area contributed by atoms with Gasteiger partial charge in [0, 0.05) is 14.5 Å². The summed E-state index contributed by atoms with van der Waals surface area (Å²) in [7, 11) is 0. The normalized spacial score (nSPS) is 10.9. The molecule has 3 heteroatoms. The largest absolute Gasteiger partial charge is 0.499 e. The molecule has 0 saturated heterocycles. The molecule has 0 fully saturated rings. The fourth-order valence-corrected chi connectivity index (χ4v) is 3.33. The summed E-state index contributed by atoms with van der Waals surface area (Å²) in [5.74, 6) is 0. The van der Waals surface area contributed by atoms with Crippen molar-refractivity contribution in [3.63, 3.8) is 0 Å². The van der Waals surface area contributed by atoms with Crippen LogP contribution in [0.1, 0.15) is 12.5 Å². The third kappa shape index (κ3) is 1.44. The van der Waals surface area contributed by atoms with Crippen LogP contribution in [0.3, 0.4) is 0 Å². The molecule has 1 nitrogen and oxygen atoms in total. The summed E-state index contributed by atoms with van der Waals surface area (Å²) in [6.07, 6.45) is 0.895. The fourth-order valence-electron chi connectivity index (χ4n) is 1.47. The Morgan fingerprint density at radius 2 is 2.23 bits per heavy atom. The first kappa shape index (κ1) is 9.27. The summed E-state index contributed by atoms with van der Waals surface area (Å²) in [5, 5.41) is 11.4. The van der Waals surface area contributed by atoms with Gasteiger partial charge in [-0.2, -0.15) is 0 Å². The molecular formula is C10H9IOS. The molecule has 2 aromatic rings. The molecule has 0 saturated carbocycles. The minimum absolute atomic E-state index is 0.474. The van der Waals surface area contributed by atoms with Gasteiger partial charge in [0.2, 0.25) is 0 Å². The highest BCUT2D eigenvalue weighted by molar-refractivity contribution is 14.1. The van der Waals surface area contributed by atoms with Crippen molar-refractivity contribution >= 4 is 44.0 Å². The molecule has 68 valence electrons. The van der Waals surface area contributed by atoms with Crippen molar-refractivity contribution < 1.29 is 5.11 Å². The van der Waals surface area contributed by atoms with Gasteiger partial charge in [-0.15, -0.1) is 0 Å². The maximum absolute atomic E-state index is 9.67. The molecule has 0 aliphatic heterocycles. The molecule has 0 atom stereocenters. The molecule has 1 heterocycles. The summed E-state index contributed by atoms with van der Waals surface area (Å²) in [6.45, 7) is 2.07. The zero-order valence-electron chi connectivity index (χ0n) is 7.17. The lowest BCUT2D eigenvalue weighted by Crippen LogP contribution is -1.77. The standard InChI is InChI=1S/C10H9IOS/c1-2-6-7-4-3-5-8(11)9(7)13-10(6)12/h3-5,12H,2H2,1H3. The summed E-state index contributed by atoms with van der Waals surface area (Å²) < 4.78 is 2.42. The van der Waals surface area contributed by atoms with Gasteiger partial charge < -0.3 is 5.11 Å². The van der Waals surface area contributed by atoms with Crippen molar-refractivity contribution in [2.24, 2.45) is 0 Å². The van der Waals surface area contributed by atoms with Crippen molar-refractivity contribution in [2.45, 2.75) is 13.3 Å². The van der Waals surface area contributed by atoms with Gasteiger partial charge in [-0.1, -0.05) is 30.4 Å². The molecular weight excluding hydrogens is 295 g/mol. The molecule has 0 aliphatic carbocycles. The van der Waals surface area contributed by atoms with Crippen LogP contribution >= 0.6 is 33.9 Å². The Bertz CT molecular complexity index is 447. The van der Waals surface area contributed by atoms with E-state index in [2.05, 4.69) is 41.6 Å². The lowest BCUT2D eigenvalue weighted by atomic mass is 10.1. The number of halogens is 1. The summed E-state index contributed by atoms with van der Waals surface area (Å²) in [6, 6.07) is 6.18. The first-order valence-corrected chi connectivity index (χ1v) is 6.02. The second-order valence-electron chi connectivity index (χ2n) is 2.86. The number of hydrogen-bond acceptors (Lipinski definition) is 2. The quantitative estimate of drug-likeness (QED) is 0.795. The fraction of sp³-hybridized carbons (Fsp3) is 0.200. The van der Waals surface area contributed by atoms with E-state index in [-0.39, 0.29) is 0 Å². The second-order valence-corrected chi connectivity index (χ2v) is 5.02. The van der Waals surface area contributed by atoms with Crippen LogP contribution in [-0.4, -0.2) is 5.11 Å². The topological polar surface area (TPSA) is 20.2 Å².